The number of amides is 1. The molecule has 1 aromatic carbocycles. The molecule has 2 saturated heterocycles. The Hall–Kier alpha value is -2.41. The van der Waals surface area contributed by atoms with Crippen molar-refractivity contribution >= 4 is 18.3 Å². The SMILES string of the molecule is COC(=O)c1cccc(C(=O)N2CC3(CN(C)C3)C2)c1.O=CO. The summed E-state index contributed by atoms with van der Waals surface area (Å²) in [5, 5.41) is 6.89. The summed E-state index contributed by atoms with van der Waals surface area (Å²) in [4.78, 5) is 36.3. The molecule has 7 nitrogen and oxygen atoms in total. The summed E-state index contributed by atoms with van der Waals surface area (Å²) in [5.41, 5.74) is 1.29. The van der Waals surface area contributed by atoms with Gasteiger partial charge in [0.05, 0.1) is 12.7 Å². The molecule has 2 aliphatic rings. The van der Waals surface area contributed by atoms with E-state index in [1.807, 2.05) is 4.90 Å². The zero-order valence-electron chi connectivity index (χ0n) is 13.2. The minimum absolute atomic E-state index is 0.00377. The molecule has 0 unspecified atom stereocenters. The van der Waals surface area contributed by atoms with Crippen molar-refractivity contribution in [1.82, 2.24) is 9.80 Å². The molecule has 0 aromatic heterocycles. The normalized spacial score (nSPS) is 18.1. The third-order valence-electron chi connectivity index (χ3n) is 4.08. The fourth-order valence-corrected chi connectivity index (χ4v) is 3.29. The van der Waals surface area contributed by atoms with Crippen LogP contribution in [0.15, 0.2) is 24.3 Å². The zero-order chi connectivity index (χ0) is 17.0. The second kappa shape index (κ2) is 6.78. The minimum Gasteiger partial charge on any atom is -0.483 e. The average molecular weight is 320 g/mol. The lowest BCUT2D eigenvalue weighted by Crippen LogP contribution is -2.72. The van der Waals surface area contributed by atoms with Gasteiger partial charge in [-0.25, -0.2) is 4.79 Å². The van der Waals surface area contributed by atoms with Crippen LogP contribution in [0, 0.1) is 5.41 Å². The van der Waals surface area contributed by atoms with Gasteiger partial charge in [-0.2, -0.15) is 0 Å². The number of carbonyl (C=O) groups is 3. The highest BCUT2D eigenvalue weighted by Crippen LogP contribution is 2.39. The Morgan fingerprint density at radius 3 is 2.30 bits per heavy atom. The summed E-state index contributed by atoms with van der Waals surface area (Å²) < 4.78 is 4.67. The number of nitrogens with zero attached hydrogens (tertiary/aromatic N) is 2. The van der Waals surface area contributed by atoms with Gasteiger partial charge < -0.3 is 19.6 Å². The molecule has 1 N–H and O–H groups in total. The predicted molar refractivity (Wildman–Crippen MR) is 82.3 cm³/mol. The van der Waals surface area contributed by atoms with Crippen molar-refractivity contribution in [3.8, 4) is 0 Å². The van der Waals surface area contributed by atoms with Crippen LogP contribution in [-0.4, -0.2) is 73.6 Å². The number of methoxy groups -OCH3 is 1. The first-order valence-corrected chi connectivity index (χ1v) is 7.19. The standard InChI is InChI=1S/C15H18N2O3.CH2O2/c1-16-7-15(8-16)9-17(10-15)13(18)11-4-3-5-12(6-11)14(19)20-2;2-1-3/h3-6H,7-10H2,1-2H3;1H,(H,2,3). The van der Waals surface area contributed by atoms with Gasteiger partial charge >= 0.3 is 5.97 Å². The Kier molecular flexibility index (Phi) is 5.00. The van der Waals surface area contributed by atoms with Crippen LogP contribution in [0.5, 0.6) is 0 Å². The van der Waals surface area contributed by atoms with E-state index in [2.05, 4.69) is 16.7 Å². The van der Waals surface area contributed by atoms with Gasteiger partial charge in [-0.1, -0.05) is 6.07 Å². The molecule has 0 aliphatic carbocycles. The molecule has 3 rings (SSSR count). The number of esters is 1. The van der Waals surface area contributed by atoms with E-state index in [1.54, 1.807) is 24.3 Å². The smallest absolute Gasteiger partial charge is 0.337 e. The van der Waals surface area contributed by atoms with E-state index in [9.17, 15) is 9.59 Å². The summed E-state index contributed by atoms with van der Waals surface area (Å²) in [6, 6.07) is 6.71. The van der Waals surface area contributed by atoms with Gasteiger partial charge in [0.2, 0.25) is 0 Å². The fraction of sp³-hybridized carbons (Fsp3) is 0.438. The van der Waals surface area contributed by atoms with E-state index in [4.69, 9.17) is 9.90 Å². The predicted octanol–water partition coefficient (Wildman–Crippen LogP) is 0.562. The topological polar surface area (TPSA) is 87.2 Å². The minimum atomic E-state index is -0.416. The fourth-order valence-electron chi connectivity index (χ4n) is 3.29. The monoisotopic (exact) mass is 320 g/mol. The molecule has 0 atom stereocenters. The van der Waals surface area contributed by atoms with E-state index >= 15 is 0 Å². The molecule has 2 heterocycles. The Morgan fingerprint density at radius 1 is 1.22 bits per heavy atom. The van der Waals surface area contributed by atoms with Crippen molar-refractivity contribution < 1.29 is 24.2 Å². The second-order valence-corrected chi connectivity index (χ2v) is 6.01. The number of ether oxygens (including phenoxy) is 1. The lowest BCUT2D eigenvalue weighted by Gasteiger charge is -2.59. The second-order valence-electron chi connectivity index (χ2n) is 6.01. The molecule has 1 spiro atoms. The lowest BCUT2D eigenvalue weighted by molar-refractivity contribution is -0.122. The highest BCUT2D eigenvalue weighted by molar-refractivity contribution is 5.98. The third-order valence-corrected chi connectivity index (χ3v) is 4.08. The first kappa shape index (κ1) is 17.0. The van der Waals surface area contributed by atoms with Crippen molar-refractivity contribution in [2.45, 2.75) is 0 Å². The molecular formula is C16H20N2O5. The van der Waals surface area contributed by atoms with Gasteiger partial charge in [0.1, 0.15) is 0 Å². The van der Waals surface area contributed by atoms with Gasteiger partial charge in [-0.3, -0.25) is 9.59 Å². The molecule has 1 amide bonds. The van der Waals surface area contributed by atoms with Gasteiger partial charge in [-0.15, -0.1) is 0 Å². The maximum Gasteiger partial charge on any atom is 0.337 e. The Bertz CT molecular complexity index is 602. The van der Waals surface area contributed by atoms with E-state index in [1.165, 1.54) is 7.11 Å². The number of hydrogen-bond acceptors (Lipinski definition) is 5. The molecule has 0 saturated carbocycles. The van der Waals surface area contributed by atoms with Crippen LogP contribution >= 0.6 is 0 Å². The summed E-state index contributed by atoms with van der Waals surface area (Å²) in [7, 11) is 3.43. The molecule has 2 fully saturated rings. The summed E-state index contributed by atoms with van der Waals surface area (Å²) >= 11 is 0. The van der Waals surface area contributed by atoms with E-state index in [0.717, 1.165) is 26.2 Å². The van der Waals surface area contributed by atoms with Crippen LogP contribution in [0.4, 0.5) is 0 Å². The molecule has 0 radical (unpaired) electrons. The Labute approximate surface area is 134 Å². The molecular weight excluding hydrogens is 300 g/mol. The third kappa shape index (κ3) is 3.50. The van der Waals surface area contributed by atoms with Crippen LogP contribution < -0.4 is 0 Å². The number of hydrogen-bond donors (Lipinski definition) is 1. The lowest BCUT2D eigenvalue weighted by atomic mass is 9.73. The van der Waals surface area contributed by atoms with Crippen molar-refractivity contribution in [3.63, 3.8) is 0 Å². The van der Waals surface area contributed by atoms with Crippen LogP contribution in [0.2, 0.25) is 0 Å². The maximum absolute atomic E-state index is 12.4. The summed E-state index contributed by atoms with van der Waals surface area (Å²) in [6.45, 7) is 3.52. The maximum atomic E-state index is 12.4. The zero-order valence-corrected chi connectivity index (χ0v) is 13.2. The van der Waals surface area contributed by atoms with Crippen molar-refractivity contribution in [1.29, 1.82) is 0 Å². The summed E-state index contributed by atoms with van der Waals surface area (Å²) in [5.74, 6) is -0.420. The van der Waals surface area contributed by atoms with Gasteiger partial charge in [0.25, 0.3) is 12.4 Å². The largest absolute Gasteiger partial charge is 0.483 e. The number of likely N-dealkylation sites (tertiary alicyclic amines) is 2. The average Bonchev–Trinajstić information content (AvgIpc) is 2.49. The van der Waals surface area contributed by atoms with Crippen molar-refractivity contribution in [3.05, 3.63) is 35.4 Å². The molecule has 124 valence electrons. The Balaban J connectivity index is 0.000000595. The highest BCUT2D eigenvalue weighted by atomic mass is 16.5. The van der Waals surface area contributed by atoms with E-state index in [-0.39, 0.29) is 12.4 Å². The Morgan fingerprint density at radius 2 is 1.78 bits per heavy atom. The first-order valence-electron chi connectivity index (χ1n) is 7.19. The number of carboxylic acid groups (broad SMARTS) is 1. The van der Waals surface area contributed by atoms with Crippen LogP contribution in [-0.2, 0) is 9.53 Å². The van der Waals surface area contributed by atoms with E-state index in [0.29, 0.717) is 16.5 Å². The van der Waals surface area contributed by atoms with Crippen LogP contribution in [0.1, 0.15) is 20.7 Å². The molecule has 1 aromatic rings. The molecule has 2 aliphatic heterocycles. The van der Waals surface area contributed by atoms with Crippen LogP contribution in [0.25, 0.3) is 0 Å². The number of rotatable bonds is 2. The van der Waals surface area contributed by atoms with Crippen LogP contribution in [0.3, 0.4) is 0 Å². The van der Waals surface area contributed by atoms with Gasteiger partial charge in [-0.05, 0) is 25.2 Å². The molecule has 7 heteroatoms. The van der Waals surface area contributed by atoms with E-state index < -0.39 is 5.97 Å². The van der Waals surface area contributed by atoms with Gasteiger partial charge in [0.15, 0.2) is 0 Å². The van der Waals surface area contributed by atoms with Crippen molar-refractivity contribution in [2.75, 3.05) is 40.3 Å². The summed E-state index contributed by atoms with van der Waals surface area (Å²) in [6.07, 6.45) is 0. The molecule has 23 heavy (non-hydrogen) atoms. The highest BCUT2D eigenvalue weighted by Gasteiger charge is 2.51. The van der Waals surface area contributed by atoms with Gasteiger partial charge in [0, 0.05) is 37.2 Å². The number of benzene rings is 1. The van der Waals surface area contributed by atoms with Crippen molar-refractivity contribution in [2.24, 2.45) is 5.41 Å². The quantitative estimate of drug-likeness (QED) is 0.633. The molecule has 0 bridgehead atoms. The number of carbonyl (C=O) groups excluding carboxylic acids is 2. The first-order chi connectivity index (χ1) is 10.9.